The van der Waals surface area contributed by atoms with E-state index in [1.54, 1.807) is 25.7 Å². The minimum absolute atomic E-state index is 0.0234. The zero-order chi connectivity index (χ0) is 18.4. The maximum absolute atomic E-state index is 12.7. The molecule has 0 bridgehead atoms. The van der Waals surface area contributed by atoms with Crippen molar-refractivity contribution in [3.05, 3.63) is 33.8 Å². The fraction of sp³-hybridized carbons (Fsp3) is 0.556. The van der Waals surface area contributed by atoms with Crippen LogP contribution < -0.4 is 0 Å². The molecule has 6 nitrogen and oxygen atoms in total. The van der Waals surface area contributed by atoms with E-state index in [0.29, 0.717) is 13.1 Å². The lowest BCUT2D eigenvalue weighted by atomic mass is 9.91. The topological polar surface area (TPSA) is 70.1 Å². The van der Waals surface area contributed by atoms with E-state index in [4.69, 9.17) is 4.74 Å². The molecule has 0 radical (unpaired) electrons. The van der Waals surface area contributed by atoms with Crippen molar-refractivity contribution in [3.63, 3.8) is 0 Å². The van der Waals surface area contributed by atoms with Gasteiger partial charge in [0.05, 0.1) is 13.1 Å². The van der Waals surface area contributed by atoms with Gasteiger partial charge in [0.1, 0.15) is 5.60 Å². The Hall–Kier alpha value is -1.60. The summed E-state index contributed by atoms with van der Waals surface area (Å²) >= 11 is 3.46. The highest BCUT2D eigenvalue weighted by molar-refractivity contribution is 9.10. The van der Waals surface area contributed by atoms with E-state index in [-0.39, 0.29) is 19.0 Å². The number of benzene rings is 1. The number of carbonyl (C=O) groups is 2. The van der Waals surface area contributed by atoms with E-state index in [0.717, 1.165) is 16.5 Å². The van der Waals surface area contributed by atoms with Gasteiger partial charge in [0.15, 0.2) is 5.60 Å². The maximum atomic E-state index is 12.7. The summed E-state index contributed by atoms with van der Waals surface area (Å²) in [6.07, 6.45) is 0.255. The first-order valence-corrected chi connectivity index (χ1v) is 9.14. The Morgan fingerprint density at radius 1 is 1.20 bits per heavy atom. The number of hydrogen-bond acceptors (Lipinski definition) is 4. The van der Waals surface area contributed by atoms with Gasteiger partial charge in [-0.1, -0.05) is 22.0 Å². The Morgan fingerprint density at radius 2 is 1.88 bits per heavy atom. The molecule has 25 heavy (non-hydrogen) atoms. The number of fused-ring (bicyclic) bond motifs is 1. The van der Waals surface area contributed by atoms with Crippen LogP contribution in [0.1, 0.15) is 31.9 Å². The largest absolute Gasteiger partial charge is 0.444 e. The lowest BCUT2D eigenvalue weighted by Gasteiger charge is -2.47. The summed E-state index contributed by atoms with van der Waals surface area (Å²) in [6.45, 7) is 6.35. The van der Waals surface area contributed by atoms with Crippen LogP contribution in [0.15, 0.2) is 22.7 Å². The summed E-state index contributed by atoms with van der Waals surface area (Å²) in [5.74, 6) is -0.319. The minimum atomic E-state index is -1.51. The molecule has 1 N–H and O–H groups in total. The molecule has 2 aliphatic heterocycles. The van der Waals surface area contributed by atoms with E-state index < -0.39 is 17.3 Å². The van der Waals surface area contributed by atoms with E-state index in [9.17, 15) is 14.7 Å². The van der Waals surface area contributed by atoms with Crippen molar-refractivity contribution < 1.29 is 19.4 Å². The fourth-order valence-electron chi connectivity index (χ4n) is 3.17. The van der Waals surface area contributed by atoms with Crippen LogP contribution in [0.4, 0.5) is 4.79 Å². The number of hydrogen-bond donors (Lipinski definition) is 1. The lowest BCUT2D eigenvalue weighted by molar-refractivity contribution is -0.169. The van der Waals surface area contributed by atoms with E-state index in [1.807, 2.05) is 12.1 Å². The SMILES string of the molecule is CC(C)(C)OC(=O)N1CC(O)(C(=O)N2CCc3cc(Br)ccc3C2)C1. The van der Waals surface area contributed by atoms with Gasteiger partial charge in [-0.25, -0.2) is 4.79 Å². The second kappa shape index (κ2) is 6.29. The predicted molar refractivity (Wildman–Crippen MR) is 96.0 cm³/mol. The van der Waals surface area contributed by atoms with Crippen molar-refractivity contribution in [2.24, 2.45) is 0 Å². The highest BCUT2D eigenvalue weighted by atomic mass is 79.9. The molecule has 1 saturated heterocycles. The molecular weight excluding hydrogens is 388 g/mol. The molecule has 7 heteroatoms. The quantitative estimate of drug-likeness (QED) is 0.770. The predicted octanol–water partition coefficient (Wildman–Crippen LogP) is 2.32. The van der Waals surface area contributed by atoms with Crippen LogP contribution in [0.2, 0.25) is 0 Å². The number of amides is 2. The molecule has 2 amide bonds. The van der Waals surface area contributed by atoms with Crippen LogP contribution in [0, 0.1) is 0 Å². The van der Waals surface area contributed by atoms with Crippen LogP contribution in [0.25, 0.3) is 0 Å². The Kier molecular flexibility index (Phi) is 4.58. The monoisotopic (exact) mass is 410 g/mol. The molecule has 2 aliphatic rings. The first-order valence-electron chi connectivity index (χ1n) is 8.34. The van der Waals surface area contributed by atoms with Crippen molar-refractivity contribution in [1.29, 1.82) is 0 Å². The maximum Gasteiger partial charge on any atom is 0.410 e. The third-order valence-electron chi connectivity index (χ3n) is 4.42. The Morgan fingerprint density at radius 3 is 2.52 bits per heavy atom. The molecule has 0 aliphatic carbocycles. The third kappa shape index (κ3) is 3.82. The van der Waals surface area contributed by atoms with Crippen molar-refractivity contribution >= 4 is 27.9 Å². The molecule has 1 fully saturated rings. The van der Waals surface area contributed by atoms with Gasteiger partial charge < -0.3 is 19.6 Å². The smallest absolute Gasteiger partial charge is 0.410 e. The molecule has 3 rings (SSSR count). The Balaban J connectivity index is 1.61. The average molecular weight is 411 g/mol. The number of ether oxygens (including phenoxy) is 1. The highest BCUT2D eigenvalue weighted by Gasteiger charge is 2.52. The van der Waals surface area contributed by atoms with Gasteiger partial charge in [0.2, 0.25) is 0 Å². The van der Waals surface area contributed by atoms with Gasteiger partial charge in [-0.05, 0) is 50.5 Å². The summed E-state index contributed by atoms with van der Waals surface area (Å²) < 4.78 is 6.29. The average Bonchev–Trinajstić information content (AvgIpc) is 2.48. The number of rotatable bonds is 1. The van der Waals surface area contributed by atoms with Gasteiger partial charge in [-0.3, -0.25) is 4.79 Å². The highest BCUT2D eigenvalue weighted by Crippen LogP contribution is 2.29. The summed E-state index contributed by atoms with van der Waals surface area (Å²) in [7, 11) is 0. The standard InChI is InChI=1S/C18H23BrN2O4/c1-17(2,3)25-16(23)21-10-18(24,11-21)15(22)20-7-6-12-8-14(19)5-4-13(12)9-20/h4-5,8,24H,6-7,9-11H2,1-3H3. The molecule has 1 aromatic rings. The minimum Gasteiger partial charge on any atom is -0.444 e. The van der Waals surface area contributed by atoms with Crippen LogP contribution in [0.5, 0.6) is 0 Å². The van der Waals surface area contributed by atoms with Crippen LogP contribution in [-0.4, -0.2) is 57.7 Å². The summed E-state index contributed by atoms with van der Waals surface area (Å²) in [5, 5.41) is 10.6. The van der Waals surface area contributed by atoms with E-state index in [1.165, 1.54) is 10.5 Å². The summed E-state index contributed by atoms with van der Waals surface area (Å²) in [4.78, 5) is 27.7. The number of aliphatic hydroxyl groups is 1. The number of halogens is 1. The second-order valence-electron chi connectivity index (χ2n) is 7.76. The molecule has 1 aromatic carbocycles. The third-order valence-corrected chi connectivity index (χ3v) is 4.92. The fourth-order valence-corrected chi connectivity index (χ4v) is 3.57. The molecule has 0 spiro atoms. The number of carbonyl (C=O) groups excluding carboxylic acids is 2. The molecule has 136 valence electrons. The van der Waals surface area contributed by atoms with Crippen molar-refractivity contribution in [1.82, 2.24) is 9.80 Å². The summed E-state index contributed by atoms with van der Waals surface area (Å²) in [6, 6.07) is 6.02. The number of β-amino-alcohol motifs (C(OH)–C–C–N with tert-alkyl or cyclic N) is 1. The van der Waals surface area contributed by atoms with Crippen LogP contribution in [0.3, 0.4) is 0 Å². The zero-order valence-electron chi connectivity index (χ0n) is 14.7. The molecule has 2 heterocycles. The van der Waals surface area contributed by atoms with Crippen LogP contribution in [-0.2, 0) is 22.5 Å². The number of nitrogens with zero attached hydrogens (tertiary/aromatic N) is 2. The van der Waals surface area contributed by atoms with Gasteiger partial charge in [0, 0.05) is 17.6 Å². The first kappa shape index (κ1) is 18.2. The van der Waals surface area contributed by atoms with Crippen molar-refractivity contribution in [3.8, 4) is 0 Å². The lowest BCUT2D eigenvalue weighted by Crippen LogP contribution is -2.70. The van der Waals surface area contributed by atoms with Gasteiger partial charge in [-0.15, -0.1) is 0 Å². The van der Waals surface area contributed by atoms with Crippen LogP contribution >= 0.6 is 15.9 Å². The second-order valence-corrected chi connectivity index (χ2v) is 8.67. The molecule has 0 unspecified atom stereocenters. The zero-order valence-corrected chi connectivity index (χ0v) is 16.3. The molecule has 0 saturated carbocycles. The van der Waals surface area contributed by atoms with E-state index >= 15 is 0 Å². The molecular formula is C18H23BrN2O4. The van der Waals surface area contributed by atoms with Gasteiger partial charge >= 0.3 is 6.09 Å². The molecule has 0 aromatic heterocycles. The first-order chi connectivity index (χ1) is 11.6. The Labute approximate surface area is 155 Å². The summed E-state index contributed by atoms with van der Waals surface area (Å²) in [5.41, 5.74) is 0.202. The van der Waals surface area contributed by atoms with Crippen molar-refractivity contribution in [2.75, 3.05) is 19.6 Å². The molecule has 0 atom stereocenters. The normalized spacial score (nSPS) is 19.1. The van der Waals surface area contributed by atoms with Crippen molar-refractivity contribution in [2.45, 2.75) is 44.9 Å². The van der Waals surface area contributed by atoms with E-state index in [2.05, 4.69) is 22.0 Å². The van der Waals surface area contributed by atoms with Gasteiger partial charge in [-0.2, -0.15) is 0 Å². The van der Waals surface area contributed by atoms with Gasteiger partial charge in [0.25, 0.3) is 5.91 Å². The Bertz CT molecular complexity index is 708. The number of likely N-dealkylation sites (tertiary alicyclic amines) is 1.